The third-order valence-corrected chi connectivity index (χ3v) is 6.38. The lowest BCUT2D eigenvalue weighted by atomic mass is 10.1. The summed E-state index contributed by atoms with van der Waals surface area (Å²) >= 11 is 0. The van der Waals surface area contributed by atoms with Crippen molar-refractivity contribution in [2.75, 3.05) is 13.7 Å². The number of ether oxygens (including phenoxy) is 1. The van der Waals surface area contributed by atoms with Crippen LogP contribution in [0.3, 0.4) is 0 Å². The number of hydrogen-bond acceptors (Lipinski definition) is 3. The summed E-state index contributed by atoms with van der Waals surface area (Å²) in [7, 11) is -1.79. The lowest BCUT2D eigenvalue weighted by Gasteiger charge is -2.32. The van der Waals surface area contributed by atoms with Gasteiger partial charge in [-0.25, -0.2) is 8.42 Å². The zero-order chi connectivity index (χ0) is 15.7. The minimum Gasteiger partial charge on any atom is -0.497 e. The van der Waals surface area contributed by atoms with E-state index in [0.29, 0.717) is 11.4 Å². The van der Waals surface area contributed by atoms with Crippen LogP contribution < -0.4 is 4.74 Å². The summed E-state index contributed by atoms with van der Waals surface area (Å²) in [5.74, 6) is 0.771. The Kier molecular flexibility index (Phi) is 4.10. The second-order valence-corrected chi connectivity index (χ2v) is 7.73. The first-order chi connectivity index (χ1) is 10.5. The van der Waals surface area contributed by atoms with Gasteiger partial charge in [-0.1, -0.05) is 18.6 Å². The number of nitrogens with zero attached hydrogens (tertiary/aromatic N) is 1. The van der Waals surface area contributed by atoms with Crippen LogP contribution in [0.1, 0.15) is 26.2 Å². The highest BCUT2D eigenvalue weighted by Crippen LogP contribution is 2.28. The molecule has 2 aromatic rings. The van der Waals surface area contributed by atoms with E-state index >= 15 is 0 Å². The third kappa shape index (κ3) is 2.71. The number of sulfonamides is 1. The van der Waals surface area contributed by atoms with Crippen molar-refractivity contribution in [1.29, 1.82) is 0 Å². The summed E-state index contributed by atoms with van der Waals surface area (Å²) in [6.45, 7) is 2.60. The highest BCUT2D eigenvalue weighted by atomic mass is 32.2. The third-order valence-electron chi connectivity index (χ3n) is 4.37. The summed E-state index contributed by atoms with van der Waals surface area (Å²) in [6, 6.07) is 11.0. The van der Waals surface area contributed by atoms with Crippen LogP contribution in [0, 0.1) is 0 Å². The van der Waals surface area contributed by atoms with Gasteiger partial charge in [0.05, 0.1) is 12.0 Å². The van der Waals surface area contributed by atoms with E-state index in [1.807, 2.05) is 31.2 Å². The Morgan fingerprint density at radius 1 is 1.09 bits per heavy atom. The number of fused-ring (bicyclic) bond motifs is 1. The fourth-order valence-corrected chi connectivity index (χ4v) is 4.79. The Balaban J connectivity index is 2.01. The second kappa shape index (κ2) is 5.89. The van der Waals surface area contributed by atoms with E-state index in [2.05, 4.69) is 0 Å². The van der Waals surface area contributed by atoms with E-state index in [0.717, 1.165) is 35.8 Å². The largest absolute Gasteiger partial charge is 0.497 e. The Morgan fingerprint density at radius 3 is 2.55 bits per heavy atom. The van der Waals surface area contributed by atoms with Crippen LogP contribution in [-0.4, -0.2) is 32.4 Å². The molecule has 1 atom stereocenters. The number of methoxy groups -OCH3 is 1. The predicted molar refractivity (Wildman–Crippen MR) is 87.7 cm³/mol. The van der Waals surface area contributed by atoms with Gasteiger partial charge in [0, 0.05) is 12.6 Å². The highest BCUT2D eigenvalue weighted by Gasteiger charge is 2.30. The second-order valence-electron chi connectivity index (χ2n) is 5.84. The molecule has 4 nitrogen and oxygen atoms in total. The highest BCUT2D eigenvalue weighted by molar-refractivity contribution is 7.89. The van der Waals surface area contributed by atoms with Crippen molar-refractivity contribution in [2.24, 2.45) is 0 Å². The lowest BCUT2D eigenvalue weighted by Crippen LogP contribution is -2.41. The molecule has 0 amide bonds. The van der Waals surface area contributed by atoms with Gasteiger partial charge in [0.2, 0.25) is 10.0 Å². The minimum absolute atomic E-state index is 0.0744. The Hall–Kier alpha value is -1.59. The van der Waals surface area contributed by atoms with E-state index in [-0.39, 0.29) is 6.04 Å². The summed E-state index contributed by atoms with van der Waals surface area (Å²) in [4.78, 5) is 0.374. The van der Waals surface area contributed by atoms with Crippen LogP contribution >= 0.6 is 0 Å². The lowest BCUT2D eigenvalue weighted by molar-refractivity contribution is 0.268. The standard InChI is InChI=1S/C17H21NO3S/c1-13-5-3-4-10-18(13)22(19,20)17-9-7-14-11-16(21-2)8-6-15(14)12-17/h6-9,11-13H,3-5,10H2,1-2H3. The van der Waals surface area contributed by atoms with Crippen molar-refractivity contribution in [3.8, 4) is 5.75 Å². The van der Waals surface area contributed by atoms with E-state index in [1.54, 1.807) is 23.5 Å². The average Bonchev–Trinajstić information content (AvgIpc) is 2.54. The maximum atomic E-state index is 12.9. The van der Waals surface area contributed by atoms with Gasteiger partial charge in [0.25, 0.3) is 0 Å². The minimum atomic E-state index is -3.42. The first kappa shape index (κ1) is 15.3. The SMILES string of the molecule is COc1ccc2cc(S(=O)(=O)N3CCCCC3C)ccc2c1. The molecule has 0 aromatic heterocycles. The molecule has 2 aromatic carbocycles. The van der Waals surface area contributed by atoms with E-state index < -0.39 is 10.0 Å². The fourth-order valence-electron chi connectivity index (χ4n) is 3.05. The fraction of sp³-hybridized carbons (Fsp3) is 0.412. The molecule has 0 N–H and O–H groups in total. The van der Waals surface area contributed by atoms with Gasteiger partial charge >= 0.3 is 0 Å². The van der Waals surface area contributed by atoms with Crippen molar-refractivity contribution in [3.05, 3.63) is 36.4 Å². The van der Waals surface area contributed by atoms with Gasteiger partial charge in [0.15, 0.2) is 0 Å². The molecular weight excluding hydrogens is 298 g/mol. The van der Waals surface area contributed by atoms with Crippen LogP contribution in [0.15, 0.2) is 41.3 Å². The summed E-state index contributed by atoms with van der Waals surface area (Å²) in [5.41, 5.74) is 0. The molecule has 0 radical (unpaired) electrons. The van der Waals surface area contributed by atoms with Gasteiger partial charge in [0.1, 0.15) is 5.75 Å². The zero-order valence-electron chi connectivity index (χ0n) is 13.0. The van der Waals surface area contributed by atoms with Crippen molar-refractivity contribution in [2.45, 2.75) is 37.1 Å². The number of rotatable bonds is 3. The van der Waals surface area contributed by atoms with Gasteiger partial charge in [-0.3, -0.25) is 0 Å². The molecule has 1 unspecified atom stereocenters. The Morgan fingerprint density at radius 2 is 1.82 bits per heavy atom. The summed E-state index contributed by atoms with van der Waals surface area (Å²) < 4.78 is 32.6. The molecule has 0 bridgehead atoms. The molecule has 3 rings (SSSR count). The van der Waals surface area contributed by atoms with Crippen LogP contribution in [-0.2, 0) is 10.0 Å². The van der Waals surface area contributed by atoms with E-state index in [1.165, 1.54) is 0 Å². The molecule has 1 saturated heterocycles. The molecule has 5 heteroatoms. The van der Waals surface area contributed by atoms with Crippen molar-refractivity contribution in [1.82, 2.24) is 4.31 Å². The maximum absolute atomic E-state index is 12.9. The molecular formula is C17H21NO3S. The van der Waals surface area contributed by atoms with E-state index in [9.17, 15) is 8.42 Å². The maximum Gasteiger partial charge on any atom is 0.243 e. The molecule has 0 saturated carbocycles. The quantitative estimate of drug-likeness (QED) is 0.871. The Bertz CT molecular complexity index is 786. The van der Waals surface area contributed by atoms with Gasteiger partial charge in [-0.15, -0.1) is 0 Å². The molecule has 0 aliphatic carbocycles. The van der Waals surface area contributed by atoms with Crippen molar-refractivity contribution >= 4 is 20.8 Å². The average molecular weight is 319 g/mol. The molecule has 1 aliphatic rings. The number of benzene rings is 2. The van der Waals surface area contributed by atoms with Gasteiger partial charge < -0.3 is 4.74 Å². The number of hydrogen-bond donors (Lipinski definition) is 0. The van der Waals surface area contributed by atoms with E-state index in [4.69, 9.17) is 4.74 Å². The van der Waals surface area contributed by atoms with Gasteiger partial charge in [-0.05, 0) is 54.8 Å². The van der Waals surface area contributed by atoms with Crippen molar-refractivity contribution in [3.63, 3.8) is 0 Å². The monoisotopic (exact) mass is 319 g/mol. The normalized spacial score (nSPS) is 20.2. The molecule has 1 fully saturated rings. The zero-order valence-corrected chi connectivity index (χ0v) is 13.8. The van der Waals surface area contributed by atoms with Crippen molar-refractivity contribution < 1.29 is 13.2 Å². The molecule has 22 heavy (non-hydrogen) atoms. The topological polar surface area (TPSA) is 46.6 Å². The smallest absolute Gasteiger partial charge is 0.243 e. The molecule has 118 valence electrons. The van der Waals surface area contributed by atoms with Crippen LogP contribution in [0.2, 0.25) is 0 Å². The van der Waals surface area contributed by atoms with Crippen LogP contribution in [0.5, 0.6) is 5.75 Å². The predicted octanol–water partition coefficient (Wildman–Crippen LogP) is 3.41. The molecule has 1 heterocycles. The van der Waals surface area contributed by atoms with Crippen LogP contribution in [0.4, 0.5) is 0 Å². The number of piperidine rings is 1. The van der Waals surface area contributed by atoms with Crippen LogP contribution in [0.25, 0.3) is 10.8 Å². The van der Waals surface area contributed by atoms with Gasteiger partial charge in [-0.2, -0.15) is 4.31 Å². The first-order valence-corrected chi connectivity index (χ1v) is 9.06. The first-order valence-electron chi connectivity index (χ1n) is 7.62. The Labute approximate surface area is 131 Å². The molecule has 1 aliphatic heterocycles. The summed E-state index contributed by atoms with van der Waals surface area (Å²) in [6.07, 6.45) is 2.98. The summed E-state index contributed by atoms with van der Waals surface area (Å²) in [5, 5.41) is 1.89. The molecule has 0 spiro atoms.